The number of fused-ring (bicyclic) bond motifs is 1. The minimum Gasteiger partial charge on any atom is -0.298 e. The average molecular weight is 319 g/mol. The van der Waals surface area contributed by atoms with E-state index in [1.54, 1.807) is 4.88 Å². The van der Waals surface area contributed by atoms with E-state index in [2.05, 4.69) is 28.2 Å². The fourth-order valence-electron chi connectivity index (χ4n) is 5.19. The van der Waals surface area contributed by atoms with Crippen LogP contribution in [0.25, 0.3) is 0 Å². The van der Waals surface area contributed by atoms with Crippen LogP contribution in [0, 0.1) is 12.8 Å². The van der Waals surface area contributed by atoms with Crippen LogP contribution in [0.2, 0.25) is 0 Å². The van der Waals surface area contributed by atoms with Gasteiger partial charge in [0.1, 0.15) is 0 Å². The van der Waals surface area contributed by atoms with E-state index >= 15 is 0 Å². The third-order valence-corrected chi connectivity index (χ3v) is 7.36. The number of piperazine rings is 1. The zero-order chi connectivity index (χ0) is 14.9. The second-order valence-corrected chi connectivity index (χ2v) is 8.63. The highest BCUT2D eigenvalue weighted by Gasteiger charge is 2.42. The van der Waals surface area contributed by atoms with Gasteiger partial charge in [0.2, 0.25) is 0 Å². The Kier molecular flexibility index (Phi) is 4.57. The molecular weight excluding hydrogens is 288 g/mol. The average Bonchev–Trinajstić information content (AvgIpc) is 3.17. The molecule has 1 aromatic heterocycles. The maximum Gasteiger partial charge on any atom is 0.0334 e. The molecule has 2 aliphatic heterocycles. The number of rotatable bonds is 3. The second kappa shape index (κ2) is 6.62. The Morgan fingerprint density at radius 1 is 1.05 bits per heavy atom. The standard InChI is InChI=1S/C19H30N2S/c1-15-9-13-22-18(15)14-21-12-11-20-10-5-8-17(20)19(21)16-6-3-2-4-7-16/h9,13,16-17,19H,2-8,10-12,14H2,1H3. The zero-order valence-electron chi connectivity index (χ0n) is 14.0. The fourth-order valence-corrected chi connectivity index (χ4v) is 6.12. The van der Waals surface area contributed by atoms with Crippen molar-refractivity contribution < 1.29 is 0 Å². The molecular formula is C19H30N2S. The van der Waals surface area contributed by atoms with Crippen LogP contribution >= 0.6 is 11.3 Å². The van der Waals surface area contributed by atoms with Crippen LogP contribution in [0.15, 0.2) is 11.4 Å². The zero-order valence-corrected chi connectivity index (χ0v) is 14.8. The van der Waals surface area contributed by atoms with E-state index in [4.69, 9.17) is 0 Å². The third kappa shape index (κ3) is 2.88. The SMILES string of the molecule is Cc1ccsc1CN1CCN2CCCC2C1C1CCCCC1. The molecule has 22 heavy (non-hydrogen) atoms. The van der Waals surface area contributed by atoms with Gasteiger partial charge >= 0.3 is 0 Å². The maximum atomic E-state index is 2.88. The van der Waals surface area contributed by atoms with E-state index in [1.165, 1.54) is 76.7 Å². The molecule has 2 unspecified atom stereocenters. The van der Waals surface area contributed by atoms with E-state index in [0.717, 1.165) is 18.0 Å². The summed E-state index contributed by atoms with van der Waals surface area (Å²) in [4.78, 5) is 7.30. The molecule has 0 amide bonds. The van der Waals surface area contributed by atoms with Crippen molar-refractivity contribution in [2.24, 2.45) is 5.92 Å². The Morgan fingerprint density at radius 3 is 2.68 bits per heavy atom. The van der Waals surface area contributed by atoms with Gasteiger partial charge in [-0.15, -0.1) is 11.3 Å². The molecule has 3 aliphatic rings. The second-order valence-electron chi connectivity index (χ2n) is 7.63. The van der Waals surface area contributed by atoms with Crippen molar-refractivity contribution in [2.75, 3.05) is 19.6 Å². The molecule has 4 rings (SSSR count). The lowest BCUT2D eigenvalue weighted by Gasteiger charge is -2.49. The van der Waals surface area contributed by atoms with Gasteiger partial charge in [0.25, 0.3) is 0 Å². The topological polar surface area (TPSA) is 6.48 Å². The number of nitrogens with zero attached hydrogens (tertiary/aromatic N) is 2. The molecule has 0 radical (unpaired) electrons. The molecule has 1 saturated carbocycles. The first kappa shape index (κ1) is 15.2. The summed E-state index contributed by atoms with van der Waals surface area (Å²) in [5, 5.41) is 2.27. The number of hydrogen-bond donors (Lipinski definition) is 0. The van der Waals surface area contributed by atoms with Crippen LogP contribution in [0.1, 0.15) is 55.4 Å². The monoisotopic (exact) mass is 318 g/mol. The maximum absolute atomic E-state index is 2.88. The summed E-state index contributed by atoms with van der Waals surface area (Å²) >= 11 is 1.96. The van der Waals surface area contributed by atoms with Crippen LogP contribution in [-0.2, 0) is 6.54 Å². The van der Waals surface area contributed by atoms with E-state index in [0.29, 0.717) is 0 Å². The van der Waals surface area contributed by atoms with Crippen molar-refractivity contribution in [2.45, 2.75) is 70.5 Å². The van der Waals surface area contributed by atoms with Crippen molar-refractivity contribution in [1.82, 2.24) is 9.80 Å². The molecule has 2 atom stereocenters. The van der Waals surface area contributed by atoms with E-state index < -0.39 is 0 Å². The molecule has 3 heterocycles. The summed E-state index contributed by atoms with van der Waals surface area (Å²) in [7, 11) is 0. The molecule has 0 aromatic carbocycles. The first-order valence-corrected chi connectivity index (χ1v) is 10.2. The van der Waals surface area contributed by atoms with Gasteiger partial charge < -0.3 is 0 Å². The van der Waals surface area contributed by atoms with E-state index in [1.807, 2.05) is 11.3 Å². The van der Waals surface area contributed by atoms with Gasteiger partial charge in [-0.25, -0.2) is 0 Å². The number of thiophene rings is 1. The minimum absolute atomic E-state index is 0.832. The lowest BCUT2D eigenvalue weighted by atomic mass is 9.78. The molecule has 2 saturated heterocycles. The molecule has 0 bridgehead atoms. The van der Waals surface area contributed by atoms with Crippen molar-refractivity contribution in [3.8, 4) is 0 Å². The Morgan fingerprint density at radius 2 is 1.91 bits per heavy atom. The van der Waals surface area contributed by atoms with Crippen LogP contribution in [0.4, 0.5) is 0 Å². The summed E-state index contributed by atoms with van der Waals surface area (Å²) in [6, 6.07) is 3.98. The van der Waals surface area contributed by atoms with Crippen molar-refractivity contribution in [3.05, 3.63) is 21.9 Å². The quantitative estimate of drug-likeness (QED) is 0.820. The lowest BCUT2D eigenvalue weighted by molar-refractivity contribution is -0.00333. The molecule has 122 valence electrons. The largest absolute Gasteiger partial charge is 0.298 e. The van der Waals surface area contributed by atoms with Crippen molar-refractivity contribution in [1.29, 1.82) is 0 Å². The van der Waals surface area contributed by atoms with E-state index in [9.17, 15) is 0 Å². The van der Waals surface area contributed by atoms with E-state index in [-0.39, 0.29) is 0 Å². The smallest absolute Gasteiger partial charge is 0.0334 e. The summed E-state index contributed by atoms with van der Waals surface area (Å²) in [6.07, 6.45) is 10.3. The molecule has 1 aromatic rings. The highest BCUT2D eigenvalue weighted by atomic mass is 32.1. The predicted octanol–water partition coefficient (Wildman–Crippen LogP) is 4.29. The first-order valence-electron chi connectivity index (χ1n) is 9.34. The predicted molar refractivity (Wildman–Crippen MR) is 94.4 cm³/mol. The third-order valence-electron chi connectivity index (χ3n) is 6.35. The summed E-state index contributed by atoms with van der Waals surface area (Å²) < 4.78 is 0. The molecule has 1 aliphatic carbocycles. The molecule has 0 spiro atoms. The Labute approximate surface area is 139 Å². The molecule has 0 N–H and O–H groups in total. The first-order chi connectivity index (χ1) is 10.8. The summed E-state index contributed by atoms with van der Waals surface area (Å²) in [6.45, 7) is 7.44. The van der Waals surface area contributed by atoms with Crippen molar-refractivity contribution >= 4 is 11.3 Å². The molecule has 3 fully saturated rings. The van der Waals surface area contributed by atoms with Crippen molar-refractivity contribution in [3.63, 3.8) is 0 Å². The minimum atomic E-state index is 0.832. The Bertz CT molecular complexity index is 491. The molecule has 3 heteroatoms. The van der Waals surface area contributed by atoms with Gasteiger partial charge in [0.15, 0.2) is 0 Å². The van der Waals surface area contributed by atoms with Crippen LogP contribution in [-0.4, -0.2) is 41.5 Å². The highest BCUT2D eigenvalue weighted by molar-refractivity contribution is 7.10. The Hall–Kier alpha value is -0.380. The lowest BCUT2D eigenvalue weighted by Crippen LogP contribution is -2.59. The Balaban J connectivity index is 1.55. The highest BCUT2D eigenvalue weighted by Crippen LogP contribution is 2.38. The number of aryl methyl sites for hydroxylation is 1. The van der Waals surface area contributed by atoms with Gasteiger partial charge in [-0.05, 0) is 62.1 Å². The number of hydrogen-bond acceptors (Lipinski definition) is 3. The fraction of sp³-hybridized carbons (Fsp3) is 0.789. The summed E-state index contributed by atoms with van der Waals surface area (Å²) in [5.41, 5.74) is 1.50. The van der Waals surface area contributed by atoms with Gasteiger partial charge in [0.05, 0.1) is 0 Å². The molecule has 2 nitrogen and oxygen atoms in total. The van der Waals surface area contributed by atoms with Gasteiger partial charge in [-0.1, -0.05) is 19.3 Å². The van der Waals surface area contributed by atoms with Crippen LogP contribution in [0.3, 0.4) is 0 Å². The van der Waals surface area contributed by atoms with Crippen LogP contribution in [0.5, 0.6) is 0 Å². The van der Waals surface area contributed by atoms with Crippen LogP contribution < -0.4 is 0 Å². The summed E-state index contributed by atoms with van der Waals surface area (Å²) in [5.74, 6) is 0.958. The normalized spacial score (nSPS) is 31.5. The van der Waals surface area contributed by atoms with Gasteiger partial charge in [-0.3, -0.25) is 9.80 Å². The van der Waals surface area contributed by atoms with Gasteiger partial charge in [-0.2, -0.15) is 0 Å². The van der Waals surface area contributed by atoms with Gasteiger partial charge in [0, 0.05) is 36.6 Å².